The van der Waals surface area contributed by atoms with Gasteiger partial charge in [0, 0.05) is 10.8 Å². The molecule has 1 aliphatic heterocycles. The maximum absolute atomic E-state index is 11.2. The Morgan fingerprint density at radius 1 is 1.19 bits per heavy atom. The molecule has 26 heavy (non-hydrogen) atoms. The van der Waals surface area contributed by atoms with Crippen LogP contribution < -0.4 is 12.4 Å². The highest BCUT2D eigenvalue weighted by atomic mass is 35.5. The molecule has 5 saturated carbocycles. The lowest BCUT2D eigenvalue weighted by Gasteiger charge is -2.68. The molecule has 3 nitrogen and oxygen atoms in total. The smallest absolute Gasteiger partial charge is 0.165 e. The number of hydrogen-bond donors (Lipinski definition) is 2. The van der Waals surface area contributed by atoms with Gasteiger partial charge in [0.2, 0.25) is 0 Å². The number of nitrogens with zero attached hydrogens (tertiary/aromatic N) is 1. The van der Waals surface area contributed by atoms with Gasteiger partial charge in [-0.3, -0.25) is 0 Å². The van der Waals surface area contributed by atoms with Gasteiger partial charge in [-0.25, -0.2) is 4.58 Å². The molecule has 5 aliphatic carbocycles. The molecule has 146 valence electrons. The van der Waals surface area contributed by atoms with Crippen LogP contribution in [0, 0.1) is 34.0 Å². The molecule has 5 fully saturated rings. The molecule has 0 radical (unpaired) electrons. The standard InChI is InChI=1S/C22H34NO2.ClH/c1-15-16-4-8-21(19(15)25)9-5-17-20(2)6-3-7-22(17,18(21)12-16)14-23(13-20)10-11-24;/h14,16-19,24-25H,1,3-13H2,2H3;1H/q+1;/p-1. The zero-order valence-corrected chi connectivity index (χ0v) is 16.8. The minimum atomic E-state index is -0.282. The van der Waals surface area contributed by atoms with Crippen LogP contribution in [0.25, 0.3) is 0 Å². The van der Waals surface area contributed by atoms with Gasteiger partial charge in [0.05, 0.1) is 11.5 Å². The Kier molecular flexibility index (Phi) is 4.42. The van der Waals surface area contributed by atoms with Crippen molar-refractivity contribution >= 4 is 6.21 Å². The van der Waals surface area contributed by atoms with E-state index >= 15 is 0 Å². The SMILES string of the molecule is C=C1C2CCC3(CCC4C5(C)CCCC4(C=[N+](CCO)C5)C3C2)C1O.[Cl-]. The number of fused-ring (bicyclic) bond motifs is 2. The van der Waals surface area contributed by atoms with E-state index in [0.29, 0.717) is 17.3 Å². The van der Waals surface area contributed by atoms with Crippen molar-refractivity contribution in [3.63, 3.8) is 0 Å². The molecule has 1 heterocycles. The van der Waals surface area contributed by atoms with E-state index in [1.54, 1.807) is 0 Å². The average molecular weight is 380 g/mol. The molecule has 6 aliphatic rings. The molecule has 7 atom stereocenters. The predicted octanol–water partition coefficient (Wildman–Crippen LogP) is -0.000400. The summed E-state index contributed by atoms with van der Waals surface area (Å²) in [5, 5.41) is 20.8. The Labute approximate surface area is 164 Å². The van der Waals surface area contributed by atoms with Gasteiger partial charge >= 0.3 is 0 Å². The summed E-state index contributed by atoms with van der Waals surface area (Å²) in [6.45, 7) is 8.93. The van der Waals surface area contributed by atoms with Crippen LogP contribution in [-0.4, -0.2) is 46.8 Å². The quantitative estimate of drug-likeness (QED) is 0.524. The van der Waals surface area contributed by atoms with Crippen LogP contribution in [0.3, 0.4) is 0 Å². The number of aliphatic hydroxyl groups is 2. The van der Waals surface area contributed by atoms with E-state index in [9.17, 15) is 10.2 Å². The van der Waals surface area contributed by atoms with Crippen LogP contribution in [0.1, 0.15) is 58.3 Å². The predicted molar refractivity (Wildman–Crippen MR) is 98.7 cm³/mol. The average Bonchev–Trinajstić information content (AvgIpc) is 2.58. The van der Waals surface area contributed by atoms with Crippen molar-refractivity contribution in [1.29, 1.82) is 0 Å². The van der Waals surface area contributed by atoms with E-state index in [1.165, 1.54) is 51.4 Å². The van der Waals surface area contributed by atoms with Crippen molar-refractivity contribution in [3.8, 4) is 0 Å². The molecule has 0 amide bonds. The second-order valence-electron chi connectivity index (χ2n) is 10.3. The van der Waals surface area contributed by atoms with E-state index in [1.807, 2.05) is 0 Å². The third-order valence-corrected chi connectivity index (χ3v) is 9.36. The lowest BCUT2D eigenvalue weighted by molar-refractivity contribution is -0.560. The molecular formula is C22H34ClNO2. The monoisotopic (exact) mass is 379 g/mol. The van der Waals surface area contributed by atoms with Gasteiger partial charge in [-0.1, -0.05) is 19.9 Å². The number of hydrogen-bond acceptors (Lipinski definition) is 2. The summed E-state index contributed by atoms with van der Waals surface area (Å²) in [5.74, 6) is 1.91. The van der Waals surface area contributed by atoms with Crippen molar-refractivity contribution in [3.05, 3.63) is 12.2 Å². The summed E-state index contributed by atoms with van der Waals surface area (Å²) < 4.78 is 2.44. The Bertz CT molecular complexity index is 648. The van der Waals surface area contributed by atoms with Crippen LogP contribution in [0.2, 0.25) is 0 Å². The molecule has 0 aromatic carbocycles. The van der Waals surface area contributed by atoms with Gasteiger partial charge in [0.1, 0.15) is 19.4 Å². The number of rotatable bonds is 2. The van der Waals surface area contributed by atoms with Gasteiger partial charge < -0.3 is 22.6 Å². The molecule has 0 aromatic rings. The summed E-state index contributed by atoms with van der Waals surface area (Å²) in [4.78, 5) is 0. The van der Waals surface area contributed by atoms with Crippen LogP contribution >= 0.6 is 0 Å². The Morgan fingerprint density at radius 2 is 1.96 bits per heavy atom. The van der Waals surface area contributed by atoms with Crippen LogP contribution in [0.5, 0.6) is 0 Å². The highest BCUT2D eigenvalue weighted by Gasteiger charge is 2.70. The van der Waals surface area contributed by atoms with E-state index in [2.05, 4.69) is 24.3 Å². The number of β-amino-alcohol motifs (C(OH)–C–C–N with tert-alkyl or cyclic N) is 1. The van der Waals surface area contributed by atoms with E-state index in [-0.39, 0.29) is 35.9 Å². The number of halogens is 1. The summed E-state index contributed by atoms with van der Waals surface area (Å²) in [5.41, 5.74) is 1.85. The third kappa shape index (κ3) is 2.17. The van der Waals surface area contributed by atoms with Crippen molar-refractivity contribution in [2.75, 3.05) is 19.7 Å². The molecule has 0 saturated heterocycles. The van der Waals surface area contributed by atoms with E-state index < -0.39 is 0 Å². The molecule has 4 heteroatoms. The fourth-order valence-corrected chi connectivity index (χ4v) is 8.50. The van der Waals surface area contributed by atoms with Gasteiger partial charge in [-0.2, -0.15) is 0 Å². The van der Waals surface area contributed by atoms with Crippen molar-refractivity contribution in [1.82, 2.24) is 0 Å². The first-order valence-corrected chi connectivity index (χ1v) is 10.5. The normalized spacial score (nSPS) is 51.8. The largest absolute Gasteiger partial charge is 1.00 e. The zero-order valence-electron chi connectivity index (χ0n) is 16.1. The fourth-order valence-electron chi connectivity index (χ4n) is 8.50. The topological polar surface area (TPSA) is 43.5 Å². The Morgan fingerprint density at radius 3 is 2.73 bits per heavy atom. The third-order valence-electron chi connectivity index (χ3n) is 9.36. The molecular weight excluding hydrogens is 346 g/mol. The van der Waals surface area contributed by atoms with Gasteiger partial charge in [0.15, 0.2) is 6.54 Å². The maximum atomic E-state index is 11.2. The van der Waals surface area contributed by atoms with E-state index in [4.69, 9.17) is 0 Å². The first-order valence-electron chi connectivity index (χ1n) is 10.5. The zero-order chi connectivity index (χ0) is 17.4. The van der Waals surface area contributed by atoms with Crippen LogP contribution in [0.15, 0.2) is 12.2 Å². The lowest BCUT2D eigenvalue weighted by atomic mass is 9.35. The molecule has 2 N–H and O–H groups in total. The summed E-state index contributed by atoms with van der Waals surface area (Å²) >= 11 is 0. The van der Waals surface area contributed by atoms with Crippen molar-refractivity contribution in [2.45, 2.75) is 64.4 Å². The maximum Gasteiger partial charge on any atom is 0.165 e. The summed E-state index contributed by atoms with van der Waals surface area (Å²) in [6, 6.07) is 0. The highest BCUT2D eigenvalue weighted by Crippen LogP contribution is 2.72. The molecule has 0 aromatic heterocycles. The van der Waals surface area contributed by atoms with Gasteiger partial charge in [0.25, 0.3) is 0 Å². The lowest BCUT2D eigenvalue weighted by Crippen LogP contribution is -3.00. The highest BCUT2D eigenvalue weighted by molar-refractivity contribution is 5.65. The molecule has 1 spiro atoms. The molecule has 6 rings (SSSR count). The number of aliphatic hydroxyl groups excluding tert-OH is 2. The second kappa shape index (κ2) is 6.06. The first-order chi connectivity index (χ1) is 12.0. The van der Waals surface area contributed by atoms with Crippen LogP contribution in [0.4, 0.5) is 0 Å². The first kappa shape index (κ1) is 19.0. The summed E-state index contributed by atoms with van der Waals surface area (Å²) in [6.07, 6.45) is 12.4. The Balaban J connectivity index is 0.00000168. The minimum Gasteiger partial charge on any atom is -1.00 e. The Hall–Kier alpha value is -0.380. The van der Waals surface area contributed by atoms with Crippen molar-refractivity contribution < 1.29 is 27.2 Å². The minimum absolute atomic E-state index is 0. The summed E-state index contributed by atoms with van der Waals surface area (Å²) in [7, 11) is 0. The van der Waals surface area contributed by atoms with Gasteiger partial charge in [-0.15, -0.1) is 0 Å². The van der Waals surface area contributed by atoms with Crippen molar-refractivity contribution in [2.24, 2.45) is 34.0 Å². The van der Waals surface area contributed by atoms with Gasteiger partial charge in [-0.05, 0) is 68.3 Å². The molecule has 4 bridgehead atoms. The fraction of sp³-hybridized carbons (Fsp3) is 0.864. The van der Waals surface area contributed by atoms with E-state index in [0.717, 1.165) is 24.6 Å². The second-order valence-corrected chi connectivity index (χ2v) is 10.3. The van der Waals surface area contributed by atoms with Crippen LogP contribution in [-0.2, 0) is 0 Å². The molecule has 7 unspecified atom stereocenters.